The maximum absolute atomic E-state index is 13.4. The van der Waals surface area contributed by atoms with E-state index < -0.39 is 17.5 Å². The zero-order valence-electron chi connectivity index (χ0n) is 10.3. The van der Waals surface area contributed by atoms with Crippen molar-refractivity contribution >= 4 is 17.9 Å². The van der Waals surface area contributed by atoms with Gasteiger partial charge in [0, 0.05) is 17.9 Å². The van der Waals surface area contributed by atoms with Gasteiger partial charge >= 0.3 is 0 Å². The Morgan fingerprint density at radius 2 is 2.16 bits per heavy atom. The van der Waals surface area contributed by atoms with E-state index in [1.54, 1.807) is 19.0 Å². The fraction of sp³-hybridized carbons (Fsp3) is 0.417. The molecule has 1 aromatic carbocycles. The van der Waals surface area contributed by atoms with Gasteiger partial charge in [0.05, 0.1) is 6.04 Å². The standard InChI is InChI=1S/C12H13F3N2OS/c1-17-9(4-5-19-17)12(18)16-6-7-2-3-8(13)11(15)10(7)14/h2-3,9H,4-6H2,1H3,(H,16,18). The van der Waals surface area contributed by atoms with Crippen LogP contribution in [-0.4, -0.2) is 29.1 Å². The molecule has 1 aliphatic rings. The van der Waals surface area contributed by atoms with E-state index in [0.29, 0.717) is 6.42 Å². The Morgan fingerprint density at radius 3 is 2.79 bits per heavy atom. The van der Waals surface area contributed by atoms with Gasteiger partial charge in [-0.1, -0.05) is 18.0 Å². The van der Waals surface area contributed by atoms with Crippen LogP contribution in [0, 0.1) is 17.5 Å². The lowest BCUT2D eigenvalue weighted by molar-refractivity contribution is -0.124. The number of hydrogen-bond donors (Lipinski definition) is 1. The molecule has 1 aliphatic heterocycles. The third kappa shape index (κ3) is 3.03. The Bertz CT molecular complexity index is 498. The molecule has 1 heterocycles. The Kier molecular flexibility index (Phi) is 4.36. The highest BCUT2D eigenvalue weighted by Crippen LogP contribution is 2.24. The minimum Gasteiger partial charge on any atom is -0.351 e. The molecule has 0 spiro atoms. The molecule has 1 atom stereocenters. The van der Waals surface area contributed by atoms with Crippen molar-refractivity contribution in [3.05, 3.63) is 35.1 Å². The Labute approximate surface area is 113 Å². The second-order valence-corrected chi connectivity index (χ2v) is 5.48. The lowest BCUT2D eigenvalue weighted by atomic mass is 10.1. The molecule has 1 fully saturated rings. The predicted octanol–water partition coefficient (Wildman–Crippen LogP) is 2.07. The average molecular weight is 290 g/mol. The third-order valence-corrected chi connectivity index (χ3v) is 4.08. The first-order chi connectivity index (χ1) is 9.00. The number of amides is 1. The van der Waals surface area contributed by atoms with Crippen molar-refractivity contribution in [2.24, 2.45) is 0 Å². The lowest BCUT2D eigenvalue weighted by Crippen LogP contribution is -2.39. The number of nitrogens with one attached hydrogen (secondary N) is 1. The van der Waals surface area contributed by atoms with Crippen molar-refractivity contribution in [1.29, 1.82) is 0 Å². The van der Waals surface area contributed by atoms with Crippen LogP contribution in [0.25, 0.3) is 0 Å². The minimum atomic E-state index is -1.51. The molecule has 1 aromatic rings. The van der Waals surface area contributed by atoms with Crippen molar-refractivity contribution in [2.75, 3.05) is 12.8 Å². The summed E-state index contributed by atoms with van der Waals surface area (Å²) >= 11 is 1.55. The molecule has 1 N–H and O–H groups in total. The van der Waals surface area contributed by atoms with Crippen LogP contribution in [-0.2, 0) is 11.3 Å². The van der Waals surface area contributed by atoms with E-state index in [2.05, 4.69) is 5.32 Å². The summed E-state index contributed by atoms with van der Waals surface area (Å²) in [6, 6.07) is 1.71. The van der Waals surface area contributed by atoms with Crippen LogP contribution < -0.4 is 5.32 Å². The molecule has 0 bridgehead atoms. The Morgan fingerprint density at radius 1 is 1.42 bits per heavy atom. The average Bonchev–Trinajstić information content (AvgIpc) is 2.81. The first-order valence-corrected chi connectivity index (χ1v) is 6.70. The van der Waals surface area contributed by atoms with E-state index in [1.807, 2.05) is 4.31 Å². The summed E-state index contributed by atoms with van der Waals surface area (Å²) in [4.78, 5) is 11.8. The second-order valence-electron chi connectivity index (χ2n) is 4.24. The van der Waals surface area contributed by atoms with E-state index in [1.165, 1.54) is 0 Å². The topological polar surface area (TPSA) is 32.3 Å². The smallest absolute Gasteiger partial charge is 0.238 e. The van der Waals surface area contributed by atoms with Crippen molar-refractivity contribution in [3.63, 3.8) is 0 Å². The van der Waals surface area contributed by atoms with Gasteiger partial charge in [-0.15, -0.1) is 0 Å². The van der Waals surface area contributed by atoms with Gasteiger partial charge in [0.2, 0.25) is 5.91 Å². The summed E-state index contributed by atoms with van der Waals surface area (Å²) < 4.78 is 41.0. The fourth-order valence-electron chi connectivity index (χ4n) is 1.88. The van der Waals surface area contributed by atoms with E-state index in [9.17, 15) is 18.0 Å². The number of nitrogens with zero attached hydrogens (tertiary/aromatic N) is 1. The molecular formula is C12H13F3N2OS. The molecule has 1 saturated heterocycles. The van der Waals surface area contributed by atoms with Gasteiger partial charge in [0.15, 0.2) is 17.5 Å². The van der Waals surface area contributed by atoms with Crippen LogP contribution in [0.3, 0.4) is 0 Å². The number of benzene rings is 1. The normalized spacial score (nSPS) is 19.7. The molecule has 0 aromatic heterocycles. The van der Waals surface area contributed by atoms with Gasteiger partial charge in [0.25, 0.3) is 0 Å². The molecule has 19 heavy (non-hydrogen) atoms. The monoisotopic (exact) mass is 290 g/mol. The summed E-state index contributed by atoms with van der Waals surface area (Å²) in [5.74, 6) is -3.39. The van der Waals surface area contributed by atoms with E-state index in [-0.39, 0.29) is 24.1 Å². The predicted molar refractivity (Wildman–Crippen MR) is 66.8 cm³/mol. The fourth-order valence-corrected chi connectivity index (χ4v) is 2.88. The van der Waals surface area contributed by atoms with Crippen molar-refractivity contribution < 1.29 is 18.0 Å². The SMILES string of the molecule is CN1SCCC1C(=O)NCc1ccc(F)c(F)c1F. The van der Waals surface area contributed by atoms with Crippen molar-refractivity contribution in [2.45, 2.75) is 19.0 Å². The number of halogens is 3. The molecule has 7 heteroatoms. The molecule has 0 saturated carbocycles. The molecule has 3 nitrogen and oxygen atoms in total. The van der Waals surface area contributed by atoms with Crippen LogP contribution >= 0.6 is 11.9 Å². The van der Waals surface area contributed by atoms with E-state index in [4.69, 9.17) is 0 Å². The van der Waals surface area contributed by atoms with Gasteiger partial charge in [-0.25, -0.2) is 17.5 Å². The number of hydrogen-bond acceptors (Lipinski definition) is 3. The zero-order chi connectivity index (χ0) is 14.0. The van der Waals surface area contributed by atoms with Crippen LogP contribution in [0.4, 0.5) is 13.2 Å². The van der Waals surface area contributed by atoms with E-state index >= 15 is 0 Å². The largest absolute Gasteiger partial charge is 0.351 e. The molecule has 0 radical (unpaired) electrons. The van der Waals surface area contributed by atoms with Gasteiger partial charge < -0.3 is 5.32 Å². The van der Waals surface area contributed by atoms with Crippen molar-refractivity contribution in [1.82, 2.24) is 9.62 Å². The van der Waals surface area contributed by atoms with Gasteiger partial charge in [-0.2, -0.15) is 0 Å². The van der Waals surface area contributed by atoms with Crippen LogP contribution in [0.1, 0.15) is 12.0 Å². The van der Waals surface area contributed by atoms with Crippen LogP contribution in [0.15, 0.2) is 12.1 Å². The first-order valence-electron chi connectivity index (χ1n) is 5.76. The molecule has 1 unspecified atom stereocenters. The van der Waals surface area contributed by atoms with E-state index in [0.717, 1.165) is 17.9 Å². The highest BCUT2D eigenvalue weighted by Gasteiger charge is 2.28. The Balaban J connectivity index is 1.99. The minimum absolute atomic E-state index is 0.0689. The summed E-state index contributed by atoms with van der Waals surface area (Å²) in [6.45, 7) is -0.156. The number of rotatable bonds is 3. The first kappa shape index (κ1) is 14.2. The van der Waals surface area contributed by atoms with Gasteiger partial charge in [0.1, 0.15) is 0 Å². The quantitative estimate of drug-likeness (QED) is 0.683. The highest BCUT2D eigenvalue weighted by atomic mass is 32.2. The molecular weight excluding hydrogens is 277 g/mol. The summed E-state index contributed by atoms with van der Waals surface area (Å²) in [5.41, 5.74) is -0.0689. The third-order valence-electron chi connectivity index (χ3n) is 3.00. The number of carbonyl (C=O) groups excluding carboxylic acids is 1. The van der Waals surface area contributed by atoms with Crippen molar-refractivity contribution in [3.8, 4) is 0 Å². The molecule has 2 rings (SSSR count). The lowest BCUT2D eigenvalue weighted by Gasteiger charge is -2.17. The molecule has 0 aliphatic carbocycles. The number of carbonyl (C=O) groups is 1. The summed E-state index contributed by atoms with van der Waals surface area (Å²) in [7, 11) is 1.81. The number of likely N-dealkylation sites (N-methyl/N-ethyl adjacent to an activating group) is 1. The molecule has 1 amide bonds. The summed E-state index contributed by atoms with van der Waals surface area (Å²) in [5, 5.41) is 2.54. The molecule has 104 valence electrons. The summed E-state index contributed by atoms with van der Waals surface area (Å²) in [6.07, 6.45) is 0.716. The Hall–Kier alpha value is -1.21. The van der Waals surface area contributed by atoms with Crippen LogP contribution in [0.5, 0.6) is 0 Å². The maximum atomic E-state index is 13.4. The zero-order valence-corrected chi connectivity index (χ0v) is 11.1. The van der Waals surface area contributed by atoms with Gasteiger partial charge in [-0.3, -0.25) is 4.79 Å². The van der Waals surface area contributed by atoms with Crippen LogP contribution in [0.2, 0.25) is 0 Å². The second kappa shape index (κ2) is 5.83. The van der Waals surface area contributed by atoms with Gasteiger partial charge in [-0.05, 0) is 19.5 Å². The highest BCUT2D eigenvalue weighted by molar-refractivity contribution is 7.97. The maximum Gasteiger partial charge on any atom is 0.238 e.